The van der Waals surface area contributed by atoms with Gasteiger partial charge in [0.25, 0.3) is 0 Å². The van der Waals surface area contributed by atoms with Crippen LogP contribution in [0.15, 0.2) is 28.2 Å². The molecule has 19 heavy (non-hydrogen) atoms. The molecular weight excluding hydrogens is 249 g/mol. The highest BCUT2D eigenvalue weighted by Gasteiger charge is 2.06. The van der Waals surface area contributed by atoms with Crippen LogP contribution in [0.2, 0.25) is 0 Å². The first-order chi connectivity index (χ1) is 8.88. The minimum atomic E-state index is -0.514. The van der Waals surface area contributed by atoms with Gasteiger partial charge in [-0.05, 0) is 18.1 Å². The van der Waals surface area contributed by atoms with E-state index in [2.05, 4.69) is 9.98 Å². The molecule has 6 nitrogen and oxygen atoms in total. The van der Waals surface area contributed by atoms with Gasteiger partial charge in [0.15, 0.2) is 17.5 Å². The molecule has 0 aliphatic carbocycles. The molecule has 1 aromatic rings. The minimum absolute atomic E-state index is 0.143. The molecule has 0 aliphatic heterocycles. The van der Waals surface area contributed by atoms with Gasteiger partial charge < -0.3 is 21.9 Å². The fraction of sp³-hybridized carbons (Fsp3) is 0.333. The second-order valence-electron chi connectivity index (χ2n) is 4.33. The Kier molecular flexibility index (Phi) is 5.11. The molecule has 0 saturated heterocycles. The van der Waals surface area contributed by atoms with Crippen LogP contribution in [0.3, 0.4) is 0 Å². The van der Waals surface area contributed by atoms with Crippen molar-refractivity contribution in [1.29, 1.82) is 0 Å². The van der Waals surface area contributed by atoms with Crippen molar-refractivity contribution in [3.8, 4) is 5.75 Å². The summed E-state index contributed by atoms with van der Waals surface area (Å²) in [6.45, 7) is 4.40. The van der Waals surface area contributed by atoms with Gasteiger partial charge in [-0.25, -0.2) is 9.38 Å². The van der Waals surface area contributed by atoms with E-state index in [4.69, 9.17) is 21.9 Å². The topological polar surface area (TPSA) is 112 Å². The summed E-state index contributed by atoms with van der Waals surface area (Å²) in [6, 6.07) is 4.25. The van der Waals surface area contributed by atoms with Crippen molar-refractivity contribution in [3.63, 3.8) is 0 Å². The number of aliphatic imine (C=N–C) groups is 2. The quantitative estimate of drug-likeness (QED) is 0.559. The van der Waals surface area contributed by atoms with E-state index in [1.807, 2.05) is 13.8 Å². The number of halogens is 1. The average Bonchev–Trinajstić information content (AvgIpc) is 2.26. The fourth-order valence-corrected chi connectivity index (χ4v) is 1.22. The standard InChI is InChI=1S/C12H18FN5O/c1-7(2)6-19-10-4-3-8(5-9(10)13)17-12(16)18-11(14)15/h3-5,7H,6H2,1-2H3,(H6,14,15,16,17,18). The predicted molar refractivity (Wildman–Crippen MR) is 73.8 cm³/mol. The monoisotopic (exact) mass is 267 g/mol. The van der Waals surface area contributed by atoms with Crippen molar-refractivity contribution in [1.82, 2.24) is 0 Å². The van der Waals surface area contributed by atoms with Crippen molar-refractivity contribution in [2.45, 2.75) is 13.8 Å². The van der Waals surface area contributed by atoms with E-state index in [9.17, 15) is 4.39 Å². The second-order valence-corrected chi connectivity index (χ2v) is 4.33. The third-order valence-corrected chi connectivity index (χ3v) is 1.97. The summed E-state index contributed by atoms with van der Waals surface area (Å²) in [5.41, 5.74) is 16.0. The summed E-state index contributed by atoms with van der Waals surface area (Å²) in [7, 11) is 0. The van der Waals surface area contributed by atoms with Crippen LogP contribution < -0.4 is 21.9 Å². The molecule has 7 heteroatoms. The Hall–Kier alpha value is -2.31. The van der Waals surface area contributed by atoms with E-state index in [0.29, 0.717) is 18.2 Å². The Labute approximate surface area is 111 Å². The zero-order chi connectivity index (χ0) is 14.4. The van der Waals surface area contributed by atoms with E-state index in [-0.39, 0.29) is 17.7 Å². The van der Waals surface area contributed by atoms with E-state index < -0.39 is 5.82 Å². The van der Waals surface area contributed by atoms with Gasteiger partial charge in [-0.3, -0.25) is 0 Å². The smallest absolute Gasteiger partial charge is 0.223 e. The van der Waals surface area contributed by atoms with Crippen LogP contribution in [-0.4, -0.2) is 18.5 Å². The summed E-state index contributed by atoms with van der Waals surface area (Å²) in [5.74, 6) is -0.379. The first kappa shape index (κ1) is 14.7. The minimum Gasteiger partial charge on any atom is -0.490 e. The molecule has 1 aromatic carbocycles. The molecule has 6 N–H and O–H groups in total. The van der Waals surface area contributed by atoms with Gasteiger partial charge in [0.05, 0.1) is 12.3 Å². The van der Waals surface area contributed by atoms with E-state index in [1.165, 1.54) is 12.1 Å². The largest absolute Gasteiger partial charge is 0.490 e. The molecule has 0 heterocycles. The molecule has 0 aromatic heterocycles. The molecular formula is C12H18FN5O. The summed E-state index contributed by atoms with van der Waals surface area (Å²) in [6.07, 6.45) is 0. The number of ether oxygens (including phenoxy) is 1. The lowest BCUT2D eigenvalue weighted by Gasteiger charge is -2.09. The Morgan fingerprint density at radius 2 is 2.00 bits per heavy atom. The van der Waals surface area contributed by atoms with Crippen LogP contribution in [0.25, 0.3) is 0 Å². The van der Waals surface area contributed by atoms with Crippen LogP contribution >= 0.6 is 0 Å². The molecule has 0 saturated carbocycles. The third kappa shape index (κ3) is 5.24. The number of nitrogens with zero attached hydrogens (tertiary/aromatic N) is 2. The molecule has 0 fully saturated rings. The number of rotatable bonds is 4. The molecule has 0 radical (unpaired) electrons. The maximum Gasteiger partial charge on any atom is 0.223 e. The van der Waals surface area contributed by atoms with Gasteiger partial charge in [0, 0.05) is 6.07 Å². The molecule has 0 spiro atoms. The highest BCUT2D eigenvalue weighted by atomic mass is 19.1. The Morgan fingerprint density at radius 1 is 1.32 bits per heavy atom. The summed E-state index contributed by atoms with van der Waals surface area (Å²) >= 11 is 0. The van der Waals surface area contributed by atoms with Crippen LogP contribution in [0.1, 0.15) is 13.8 Å². The number of guanidine groups is 2. The average molecular weight is 267 g/mol. The van der Waals surface area contributed by atoms with Crippen LogP contribution in [0, 0.1) is 11.7 Å². The molecule has 0 amide bonds. The summed E-state index contributed by atoms with van der Waals surface area (Å²) in [4.78, 5) is 7.38. The van der Waals surface area contributed by atoms with E-state index in [1.54, 1.807) is 6.07 Å². The zero-order valence-electron chi connectivity index (χ0n) is 10.9. The summed E-state index contributed by atoms with van der Waals surface area (Å²) < 4.78 is 19.0. The molecule has 0 aliphatic rings. The maximum atomic E-state index is 13.7. The molecule has 0 atom stereocenters. The van der Waals surface area contributed by atoms with Crippen LogP contribution in [0.4, 0.5) is 10.1 Å². The van der Waals surface area contributed by atoms with Gasteiger partial charge >= 0.3 is 0 Å². The Bertz CT molecular complexity index is 495. The van der Waals surface area contributed by atoms with Crippen molar-refractivity contribution in [2.24, 2.45) is 33.1 Å². The van der Waals surface area contributed by atoms with Gasteiger partial charge in [0.2, 0.25) is 5.96 Å². The van der Waals surface area contributed by atoms with Gasteiger partial charge in [-0.2, -0.15) is 4.99 Å². The van der Waals surface area contributed by atoms with Crippen molar-refractivity contribution >= 4 is 17.6 Å². The Balaban J connectivity index is 2.85. The SMILES string of the molecule is CC(C)COc1ccc(N=C(N)N=C(N)N)cc1F. The first-order valence-electron chi connectivity index (χ1n) is 5.74. The van der Waals surface area contributed by atoms with Gasteiger partial charge in [0.1, 0.15) is 0 Å². The molecule has 104 valence electrons. The predicted octanol–water partition coefficient (Wildman–Crippen LogP) is 1.08. The number of hydrogen-bond donors (Lipinski definition) is 3. The molecule has 0 bridgehead atoms. The lowest BCUT2D eigenvalue weighted by Crippen LogP contribution is -2.26. The van der Waals surface area contributed by atoms with Crippen molar-refractivity contribution in [3.05, 3.63) is 24.0 Å². The Morgan fingerprint density at radius 3 is 2.53 bits per heavy atom. The number of hydrogen-bond acceptors (Lipinski definition) is 2. The second kappa shape index (κ2) is 6.58. The third-order valence-electron chi connectivity index (χ3n) is 1.97. The highest BCUT2D eigenvalue weighted by molar-refractivity contribution is 5.93. The first-order valence-corrected chi connectivity index (χ1v) is 5.74. The van der Waals surface area contributed by atoms with E-state index >= 15 is 0 Å². The number of benzene rings is 1. The molecule has 0 unspecified atom stereocenters. The fourth-order valence-electron chi connectivity index (χ4n) is 1.22. The van der Waals surface area contributed by atoms with Gasteiger partial charge in [-0.1, -0.05) is 13.8 Å². The zero-order valence-corrected chi connectivity index (χ0v) is 10.9. The van der Waals surface area contributed by atoms with Crippen LogP contribution in [-0.2, 0) is 0 Å². The highest BCUT2D eigenvalue weighted by Crippen LogP contribution is 2.23. The lowest BCUT2D eigenvalue weighted by molar-refractivity contribution is 0.259. The maximum absolute atomic E-state index is 13.7. The lowest BCUT2D eigenvalue weighted by atomic mass is 10.2. The van der Waals surface area contributed by atoms with Crippen molar-refractivity contribution < 1.29 is 9.13 Å². The normalized spacial score (nSPS) is 11.5. The van der Waals surface area contributed by atoms with Crippen molar-refractivity contribution in [2.75, 3.05) is 6.61 Å². The number of nitrogens with two attached hydrogens (primary N) is 3. The van der Waals surface area contributed by atoms with Gasteiger partial charge in [-0.15, -0.1) is 0 Å². The molecule has 1 rings (SSSR count). The van der Waals surface area contributed by atoms with E-state index in [0.717, 1.165) is 0 Å². The van der Waals surface area contributed by atoms with Crippen LogP contribution in [0.5, 0.6) is 5.75 Å². The summed E-state index contributed by atoms with van der Waals surface area (Å²) in [5, 5.41) is 0.